The minimum atomic E-state index is -4.55. The van der Waals surface area contributed by atoms with Gasteiger partial charge >= 0.3 is 0 Å². The van der Waals surface area contributed by atoms with Crippen molar-refractivity contribution in [3.63, 3.8) is 0 Å². The summed E-state index contributed by atoms with van der Waals surface area (Å²) in [5.74, 6) is -0.489. The normalized spacial score (nSPS) is 13.7. The molecule has 0 saturated heterocycles. The highest BCUT2D eigenvalue weighted by Gasteiger charge is 2.36. The molecule has 1 fully saturated rings. The highest BCUT2D eigenvalue weighted by molar-refractivity contribution is 9.10. The summed E-state index contributed by atoms with van der Waals surface area (Å²) in [6.45, 7) is 0.843. The van der Waals surface area contributed by atoms with E-state index in [9.17, 15) is 28.1 Å². The van der Waals surface area contributed by atoms with Gasteiger partial charge in [-0.3, -0.25) is 24.0 Å². The monoisotopic (exact) mass is 762 g/mol. The van der Waals surface area contributed by atoms with Crippen LogP contribution in [0.5, 0.6) is 5.75 Å². The largest absolute Gasteiger partial charge is 0.497 e. The lowest BCUT2D eigenvalue weighted by molar-refractivity contribution is -0.385. The fraction of sp³-hybridized carbons (Fsp3) is 0.297. The van der Waals surface area contributed by atoms with E-state index in [1.165, 1.54) is 43.2 Å². The molecule has 0 aliphatic heterocycles. The second-order valence-electron chi connectivity index (χ2n) is 12.3. The van der Waals surface area contributed by atoms with E-state index in [2.05, 4.69) is 21.2 Å². The van der Waals surface area contributed by atoms with Crippen LogP contribution < -0.4 is 14.4 Å². The zero-order valence-electron chi connectivity index (χ0n) is 27.8. The maximum absolute atomic E-state index is 14.7. The van der Waals surface area contributed by atoms with E-state index in [1.54, 1.807) is 12.1 Å². The number of aryl methyl sites for hydroxylation is 1. The second kappa shape index (κ2) is 16.3. The zero-order chi connectivity index (χ0) is 35.8. The minimum absolute atomic E-state index is 0.0142. The average molecular weight is 764 g/mol. The van der Waals surface area contributed by atoms with Gasteiger partial charge in [0.25, 0.3) is 15.7 Å². The molecule has 0 spiro atoms. The Balaban J connectivity index is 1.59. The van der Waals surface area contributed by atoms with Gasteiger partial charge in [-0.1, -0.05) is 77.3 Å². The van der Waals surface area contributed by atoms with Crippen LogP contribution in [0.3, 0.4) is 0 Å². The quantitative estimate of drug-likeness (QED) is 0.113. The molecule has 2 amide bonds. The van der Waals surface area contributed by atoms with Crippen LogP contribution in [0.1, 0.15) is 42.4 Å². The number of methoxy groups -OCH3 is 1. The molecule has 11 nitrogen and oxygen atoms in total. The van der Waals surface area contributed by atoms with E-state index in [-0.39, 0.29) is 41.2 Å². The molecule has 1 N–H and O–H groups in total. The van der Waals surface area contributed by atoms with Crippen molar-refractivity contribution in [1.29, 1.82) is 0 Å². The number of carbonyl (C=O) groups is 2. The summed E-state index contributed by atoms with van der Waals surface area (Å²) in [5, 5.41) is 14.9. The highest BCUT2D eigenvalue weighted by Crippen LogP contribution is 2.30. The molecule has 1 atom stereocenters. The lowest BCUT2D eigenvalue weighted by Gasteiger charge is -2.34. The topological polar surface area (TPSA) is 139 Å². The van der Waals surface area contributed by atoms with Crippen molar-refractivity contribution in [2.75, 3.05) is 18.0 Å². The Kier molecular flexibility index (Phi) is 11.9. The minimum Gasteiger partial charge on any atom is -0.497 e. The number of sulfonamides is 1. The molecule has 0 heterocycles. The molecular weight excluding hydrogens is 724 g/mol. The first-order valence-electron chi connectivity index (χ1n) is 16.3. The van der Waals surface area contributed by atoms with Gasteiger partial charge in [-0.15, -0.1) is 0 Å². The number of anilines is 1. The van der Waals surface area contributed by atoms with Crippen molar-refractivity contribution < 1.29 is 27.7 Å². The Labute approximate surface area is 300 Å². The summed E-state index contributed by atoms with van der Waals surface area (Å²) in [4.78, 5) is 41.1. The smallest absolute Gasteiger partial charge is 0.273 e. The SMILES string of the molecule is COc1ccc(N(CC(=O)N(Cc2cccc(Br)c2)C(Cc2ccccc2)C(=O)NC2CCCC2)S(=O)(=O)c2ccc(C)c([N+](=O)[O-])c2)cc1. The van der Waals surface area contributed by atoms with Crippen molar-refractivity contribution in [3.8, 4) is 5.75 Å². The Bertz CT molecular complexity index is 1940. The summed E-state index contributed by atoms with van der Waals surface area (Å²) < 4.78 is 35.7. The third-order valence-electron chi connectivity index (χ3n) is 8.82. The van der Waals surface area contributed by atoms with Gasteiger partial charge in [0.2, 0.25) is 11.8 Å². The van der Waals surface area contributed by atoms with Gasteiger partial charge in [0.15, 0.2) is 0 Å². The number of hydrogen-bond acceptors (Lipinski definition) is 7. The molecule has 1 aliphatic rings. The van der Waals surface area contributed by atoms with Gasteiger partial charge in [0, 0.05) is 35.1 Å². The first kappa shape index (κ1) is 36.5. The lowest BCUT2D eigenvalue weighted by atomic mass is 10.0. The maximum Gasteiger partial charge on any atom is 0.273 e. The fourth-order valence-electron chi connectivity index (χ4n) is 6.10. The van der Waals surface area contributed by atoms with Crippen LogP contribution in [0.2, 0.25) is 0 Å². The number of carbonyl (C=O) groups excluding carboxylic acids is 2. The number of benzene rings is 4. The van der Waals surface area contributed by atoms with E-state index in [0.717, 1.165) is 51.7 Å². The van der Waals surface area contributed by atoms with Gasteiger partial charge in [0.1, 0.15) is 18.3 Å². The Morgan fingerprint density at radius 1 is 0.960 bits per heavy atom. The number of nitro benzene ring substituents is 1. The summed E-state index contributed by atoms with van der Waals surface area (Å²) in [6, 6.07) is 25.5. The number of amides is 2. The number of rotatable bonds is 14. The molecule has 4 aromatic carbocycles. The molecule has 0 radical (unpaired) electrons. The first-order chi connectivity index (χ1) is 24.0. The molecule has 1 aliphatic carbocycles. The van der Waals surface area contributed by atoms with Crippen LogP contribution in [-0.4, -0.2) is 55.8 Å². The number of nitrogens with one attached hydrogen (secondary N) is 1. The van der Waals surface area contributed by atoms with Crippen molar-refractivity contribution >= 4 is 49.1 Å². The standard InChI is InChI=1S/C37H39BrN4O7S/c1-26-15-20-33(23-34(26)42(45)46)50(47,48)41(31-16-18-32(49-2)19-17-31)25-36(43)40(24-28-11-8-12-29(38)21-28)35(22-27-9-4-3-5-10-27)37(44)39-30-13-6-7-14-30/h3-5,8-12,15-21,23,30,35H,6-7,13-14,22,24-25H2,1-2H3,(H,39,44). The van der Waals surface area contributed by atoms with E-state index >= 15 is 0 Å². The molecule has 262 valence electrons. The summed E-state index contributed by atoms with van der Waals surface area (Å²) in [5.41, 5.74) is 1.62. The van der Waals surface area contributed by atoms with Crippen LogP contribution in [-0.2, 0) is 32.6 Å². The molecule has 50 heavy (non-hydrogen) atoms. The number of halogens is 1. The number of nitro groups is 1. The maximum atomic E-state index is 14.7. The van der Waals surface area contributed by atoms with Crippen LogP contribution >= 0.6 is 15.9 Å². The predicted octanol–water partition coefficient (Wildman–Crippen LogP) is 6.57. The Hall–Kier alpha value is -4.75. The van der Waals surface area contributed by atoms with E-state index in [0.29, 0.717) is 11.3 Å². The van der Waals surface area contributed by atoms with Crippen molar-refractivity contribution in [2.45, 2.75) is 62.6 Å². The highest BCUT2D eigenvalue weighted by atomic mass is 79.9. The van der Waals surface area contributed by atoms with E-state index < -0.39 is 33.4 Å². The summed E-state index contributed by atoms with van der Waals surface area (Å²) in [7, 11) is -3.07. The average Bonchev–Trinajstić information content (AvgIpc) is 3.62. The molecule has 0 aromatic heterocycles. The molecule has 4 aromatic rings. The van der Waals surface area contributed by atoms with Crippen LogP contribution in [0.25, 0.3) is 0 Å². The molecule has 1 unspecified atom stereocenters. The number of hydrogen-bond donors (Lipinski definition) is 1. The van der Waals surface area contributed by atoms with Gasteiger partial charge in [-0.25, -0.2) is 8.42 Å². The van der Waals surface area contributed by atoms with Crippen LogP contribution in [0, 0.1) is 17.0 Å². The predicted molar refractivity (Wildman–Crippen MR) is 194 cm³/mol. The Morgan fingerprint density at radius 2 is 1.64 bits per heavy atom. The summed E-state index contributed by atoms with van der Waals surface area (Å²) >= 11 is 3.49. The number of nitrogens with zero attached hydrogens (tertiary/aromatic N) is 3. The molecule has 5 rings (SSSR count). The second-order valence-corrected chi connectivity index (χ2v) is 15.0. The zero-order valence-corrected chi connectivity index (χ0v) is 30.2. The van der Waals surface area contributed by atoms with Crippen molar-refractivity contribution in [2.24, 2.45) is 0 Å². The van der Waals surface area contributed by atoms with Gasteiger partial charge < -0.3 is 15.0 Å². The fourth-order valence-corrected chi connectivity index (χ4v) is 7.99. The molecule has 13 heteroatoms. The Morgan fingerprint density at radius 3 is 2.28 bits per heavy atom. The third-order valence-corrected chi connectivity index (χ3v) is 11.1. The lowest BCUT2D eigenvalue weighted by Crippen LogP contribution is -2.54. The summed E-state index contributed by atoms with van der Waals surface area (Å²) in [6.07, 6.45) is 3.88. The van der Waals surface area contributed by atoms with Crippen molar-refractivity contribution in [3.05, 3.63) is 128 Å². The molecule has 0 bridgehead atoms. The van der Waals surface area contributed by atoms with Gasteiger partial charge in [-0.05, 0) is 73.4 Å². The number of ether oxygens (including phenoxy) is 1. The van der Waals surface area contributed by atoms with Crippen LogP contribution in [0.4, 0.5) is 11.4 Å². The van der Waals surface area contributed by atoms with Gasteiger partial charge in [0.05, 0.1) is 22.6 Å². The molecule has 1 saturated carbocycles. The third kappa shape index (κ3) is 8.88. The van der Waals surface area contributed by atoms with Crippen molar-refractivity contribution in [1.82, 2.24) is 10.2 Å². The van der Waals surface area contributed by atoms with Crippen LogP contribution in [0.15, 0.2) is 106 Å². The van der Waals surface area contributed by atoms with E-state index in [1.807, 2.05) is 54.6 Å². The van der Waals surface area contributed by atoms with E-state index in [4.69, 9.17) is 4.74 Å². The van der Waals surface area contributed by atoms with Gasteiger partial charge in [-0.2, -0.15) is 0 Å². The molecular formula is C37H39BrN4O7S. The first-order valence-corrected chi connectivity index (χ1v) is 18.5.